The molecule has 2 heterocycles. The van der Waals surface area contributed by atoms with E-state index in [1.54, 1.807) is 24.6 Å². The summed E-state index contributed by atoms with van der Waals surface area (Å²) >= 11 is 1.49. The number of likely N-dealkylation sites (N-methyl/N-ethyl adjacent to an activating group) is 1. The highest BCUT2D eigenvalue weighted by molar-refractivity contribution is 7.99. The molecule has 0 radical (unpaired) electrons. The van der Waals surface area contributed by atoms with Crippen LogP contribution in [0.5, 0.6) is 0 Å². The first-order valence-electron chi connectivity index (χ1n) is 8.44. The average molecular weight is 368 g/mol. The molecule has 134 valence electrons. The molecule has 0 fully saturated rings. The van der Waals surface area contributed by atoms with E-state index >= 15 is 0 Å². The molecule has 5 nitrogen and oxygen atoms in total. The molecule has 0 saturated heterocycles. The third-order valence-corrected chi connectivity index (χ3v) is 5.05. The monoisotopic (exact) mass is 368 g/mol. The second kappa shape index (κ2) is 8.69. The highest BCUT2D eigenvalue weighted by atomic mass is 32.2. The second-order valence-electron chi connectivity index (χ2n) is 6.13. The minimum absolute atomic E-state index is 0.0517. The Bertz CT molecular complexity index is 835. The normalized spacial score (nSPS) is 12.1. The predicted molar refractivity (Wildman–Crippen MR) is 101 cm³/mol. The summed E-state index contributed by atoms with van der Waals surface area (Å²) in [5, 5.41) is 3.72. The summed E-state index contributed by atoms with van der Waals surface area (Å²) in [5.41, 5.74) is 0.577. The molecule has 1 atom stereocenters. The van der Waals surface area contributed by atoms with Crippen LogP contribution in [0.3, 0.4) is 0 Å². The van der Waals surface area contributed by atoms with Crippen LogP contribution < -0.4 is 10.2 Å². The summed E-state index contributed by atoms with van der Waals surface area (Å²) in [6.07, 6.45) is 3.36. The number of carbonyl (C=O) groups is 1. The lowest BCUT2D eigenvalue weighted by molar-refractivity contribution is -0.891. The van der Waals surface area contributed by atoms with Crippen LogP contribution in [0.4, 0.5) is 0 Å². The number of rotatable bonds is 7. The quantitative estimate of drug-likeness (QED) is 0.673. The summed E-state index contributed by atoms with van der Waals surface area (Å²) in [6.45, 7) is 0.485. The zero-order chi connectivity index (χ0) is 18.4. The lowest BCUT2D eigenvalue weighted by Crippen LogP contribution is -3.07. The number of hydrogen-bond donors (Lipinski definition) is 2. The number of pyridine rings is 1. The van der Waals surface area contributed by atoms with Gasteiger partial charge in [-0.1, -0.05) is 30.0 Å². The maximum atomic E-state index is 12.7. The Kier molecular flexibility index (Phi) is 6.09. The summed E-state index contributed by atoms with van der Waals surface area (Å²) in [5.74, 6) is 0.727. The van der Waals surface area contributed by atoms with Crippen LogP contribution in [0.1, 0.15) is 22.2 Å². The van der Waals surface area contributed by atoms with Crippen LogP contribution in [-0.2, 0) is 0 Å². The average Bonchev–Trinajstić information content (AvgIpc) is 3.17. The van der Waals surface area contributed by atoms with Crippen molar-refractivity contribution in [2.45, 2.75) is 16.0 Å². The number of furan rings is 1. The molecule has 0 unspecified atom stereocenters. The standard InChI is InChI=1S/C20H21N3O2S/c1-23(2)17(18-11-7-13-25-18)14-22-19(24)16-10-6-12-21-20(16)26-15-8-4-3-5-9-15/h3-13,17H,14H2,1-2H3,(H,22,24)/p+1/t17-/m0/s1. The van der Waals surface area contributed by atoms with Gasteiger partial charge < -0.3 is 14.6 Å². The number of quaternary nitrogens is 1. The van der Waals surface area contributed by atoms with Crippen LogP contribution >= 0.6 is 11.8 Å². The Labute approximate surface area is 157 Å². The fourth-order valence-corrected chi connectivity index (χ4v) is 3.51. The van der Waals surface area contributed by atoms with Crippen LogP contribution in [0, 0.1) is 0 Å². The number of amides is 1. The number of benzene rings is 1. The molecule has 1 amide bonds. The lowest BCUT2D eigenvalue weighted by Gasteiger charge is -2.20. The number of nitrogens with zero attached hydrogens (tertiary/aromatic N) is 1. The maximum Gasteiger partial charge on any atom is 0.254 e. The van der Waals surface area contributed by atoms with Crippen LogP contribution in [0.15, 0.2) is 81.4 Å². The van der Waals surface area contributed by atoms with Crippen molar-refractivity contribution < 1.29 is 14.1 Å². The Morgan fingerprint density at radius 3 is 2.65 bits per heavy atom. The zero-order valence-electron chi connectivity index (χ0n) is 14.8. The van der Waals surface area contributed by atoms with E-state index in [1.807, 2.05) is 56.6 Å². The van der Waals surface area contributed by atoms with E-state index < -0.39 is 0 Å². The smallest absolute Gasteiger partial charge is 0.254 e. The maximum absolute atomic E-state index is 12.7. The first-order chi connectivity index (χ1) is 12.6. The van der Waals surface area contributed by atoms with Gasteiger partial charge in [-0.2, -0.15) is 0 Å². The van der Waals surface area contributed by atoms with Crippen LogP contribution in [0.2, 0.25) is 0 Å². The Hall–Kier alpha value is -2.57. The topological polar surface area (TPSA) is 59.6 Å². The van der Waals surface area contributed by atoms with Gasteiger partial charge in [0.15, 0.2) is 11.8 Å². The lowest BCUT2D eigenvalue weighted by atomic mass is 10.2. The zero-order valence-corrected chi connectivity index (χ0v) is 15.6. The molecule has 2 aromatic heterocycles. The summed E-state index contributed by atoms with van der Waals surface area (Å²) < 4.78 is 5.51. The van der Waals surface area contributed by atoms with Gasteiger partial charge in [-0.25, -0.2) is 4.98 Å². The van der Waals surface area contributed by atoms with Gasteiger partial charge in [-0.3, -0.25) is 4.79 Å². The van der Waals surface area contributed by atoms with Gasteiger partial charge in [0, 0.05) is 11.1 Å². The highest BCUT2D eigenvalue weighted by Gasteiger charge is 2.22. The van der Waals surface area contributed by atoms with Crippen molar-refractivity contribution in [3.63, 3.8) is 0 Å². The van der Waals surface area contributed by atoms with Crippen molar-refractivity contribution in [1.82, 2.24) is 10.3 Å². The van der Waals surface area contributed by atoms with Crippen molar-refractivity contribution in [2.75, 3.05) is 20.6 Å². The minimum Gasteiger partial charge on any atom is -0.463 e. The SMILES string of the molecule is C[NH+](C)[C@@H](CNC(=O)c1cccnc1Sc1ccccc1)c1ccco1. The number of nitrogens with one attached hydrogen (secondary N) is 2. The van der Waals surface area contributed by atoms with Gasteiger partial charge in [-0.15, -0.1) is 0 Å². The van der Waals surface area contributed by atoms with Gasteiger partial charge in [0.2, 0.25) is 0 Å². The Morgan fingerprint density at radius 2 is 1.96 bits per heavy atom. The highest BCUT2D eigenvalue weighted by Crippen LogP contribution is 2.28. The molecule has 0 saturated carbocycles. The van der Waals surface area contributed by atoms with Gasteiger partial charge in [-0.05, 0) is 36.4 Å². The van der Waals surface area contributed by atoms with E-state index in [-0.39, 0.29) is 11.9 Å². The largest absolute Gasteiger partial charge is 0.463 e. The Balaban J connectivity index is 1.72. The number of aromatic nitrogens is 1. The van der Waals surface area contributed by atoms with Crippen LogP contribution in [-0.4, -0.2) is 31.5 Å². The molecule has 0 aliphatic carbocycles. The molecule has 3 aromatic rings. The van der Waals surface area contributed by atoms with E-state index in [0.29, 0.717) is 17.1 Å². The predicted octanol–water partition coefficient (Wildman–Crippen LogP) is 2.44. The molecule has 0 bridgehead atoms. The number of carbonyl (C=O) groups excluding carboxylic acids is 1. The van der Waals surface area contributed by atoms with Crippen molar-refractivity contribution in [3.8, 4) is 0 Å². The van der Waals surface area contributed by atoms with Gasteiger partial charge in [0.25, 0.3) is 5.91 Å². The molecule has 0 aliphatic heterocycles. The molecule has 2 N–H and O–H groups in total. The first-order valence-corrected chi connectivity index (χ1v) is 9.26. The van der Waals surface area contributed by atoms with Crippen molar-refractivity contribution in [1.29, 1.82) is 0 Å². The van der Waals surface area contributed by atoms with Crippen LogP contribution in [0.25, 0.3) is 0 Å². The fraction of sp³-hybridized carbons (Fsp3) is 0.200. The van der Waals surface area contributed by atoms with E-state index in [1.165, 1.54) is 16.7 Å². The Morgan fingerprint density at radius 1 is 1.15 bits per heavy atom. The van der Waals surface area contributed by atoms with Crippen molar-refractivity contribution in [3.05, 3.63) is 78.4 Å². The fourth-order valence-electron chi connectivity index (χ4n) is 2.61. The van der Waals surface area contributed by atoms with E-state index in [9.17, 15) is 4.79 Å². The molecule has 1 aromatic carbocycles. The van der Waals surface area contributed by atoms with Gasteiger partial charge in [0.05, 0.1) is 32.5 Å². The van der Waals surface area contributed by atoms with E-state index in [4.69, 9.17) is 4.42 Å². The van der Waals surface area contributed by atoms with Gasteiger partial charge >= 0.3 is 0 Å². The molecule has 6 heteroatoms. The second-order valence-corrected chi connectivity index (χ2v) is 7.19. The molecule has 26 heavy (non-hydrogen) atoms. The molecule has 0 aliphatic rings. The van der Waals surface area contributed by atoms with Crippen molar-refractivity contribution >= 4 is 17.7 Å². The van der Waals surface area contributed by atoms with E-state index in [0.717, 1.165) is 10.7 Å². The number of hydrogen-bond acceptors (Lipinski definition) is 4. The third-order valence-electron chi connectivity index (χ3n) is 4.02. The summed E-state index contributed by atoms with van der Waals surface area (Å²) in [4.78, 5) is 19.4. The molecule has 3 rings (SSSR count). The minimum atomic E-state index is -0.130. The summed E-state index contributed by atoms with van der Waals surface area (Å²) in [6, 6.07) is 17.4. The molecule has 0 spiro atoms. The third kappa shape index (κ3) is 4.53. The van der Waals surface area contributed by atoms with Crippen molar-refractivity contribution in [2.24, 2.45) is 0 Å². The van der Waals surface area contributed by atoms with E-state index in [2.05, 4.69) is 10.3 Å². The van der Waals surface area contributed by atoms with Gasteiger partial charge in [0.1, 0.15) is 5.03 Å². The summed E-state index contributed by atoms with van der Waals surface area (Å²) in [7, 11) is 4.08. The molecular weight excluding hydrogens is 346 g/mol. The molecular formula is C20H22N3O2S+. The first kappa shape index (κ1) is 18.2.